The van der Waals surface area contributed by atoms with E-state index in [1.807, 2.05) is 67.6 Å². The summed E-state index contributed by atoms with van der Waals surface area (Å²) in [5, 5.41) is 14.0. The molecule has 0 aliphatic carbocycles. The lowest BCUT2D eigenvalue weighted by atomic mass is 9.68. The molecule has 1 atom stereocenters. The highest BCUT2D eigenvalue weighted by Gasteiger charge is 2.51. The lowest BCUT2D eigenvalue weighted by Gasteiger charge is -2.31. The molecule has 0 fully saturated rings. The molecule has 0 aromatic heterocycles. The van der Waals surface area contributed by atoms with Crippen LogP contribution in [0.25, 0.3) is 0 Å². The summed E-state index contributed by atoms with van der Waals surface area (Å²) >= 11 is 0. The third kappa shape index (κ3) is 2.62. The second kappa shape index (κ2) is 6.23. The van der Waals surface area contributed by atoms with Gasteiger partial charge in [-0.25, -0.2) is 0 Å². The van der Waals surface area contributed by atoms with Crippen LogP contribution in [0.2, 0.25) is 0 Å². The monoisotopic (exact) mass is 371 g/mol. The highest BCUT2D eigenvalue weighted by molar-refractivity contribution is 6.11. The summed E-state index contributed by atoms with van der Waals surface area (Å²) in [7, 11) is 0. The van der Waals surface area contributed by atoms with Gasteiger partial charge in [0, 0.05) is 16.8 Å². The summed E-state index contributed by atoms with van der Waals surface area (Å²) < 4.78 is 0. The van der Waals surface area contributed by atoms with Crippen molar-refractivity contribution in [3.05, 3.63) is 94.5 Å². The van der Waals surface area contributed by atoms with Crippen molar-refractivity contribution in [3.8, 4) is 5.75 Å². The van der Waals surface area contributed by atoms with Gasteiger partial charge in [-0.3, -0.25) is 4.79 Å². The fourth-order valence-electron chi connectivity index (χ4n) is 4.15. The highest BCUT2D eigenvalue weighted by atomic mass is 16.3. The van der Waals surface area contributed by atoms with E-state index < -0.39 is 5.41 Å². The Bertz CT molecular complexity index is 1080. The molecule has 0 radical (unpaired) electrons. The fourth-order valence-corrected chi connectivity index (χ4v) is 4.15. The average Bonchev–Trinajstić information content (AvgIpc) is 2.94. The van der Waals surface area contributed by atoms with Crippen LogP contribution in [-0.4, -0.2) is 11.0 Å². The van der Waals surface area contributed by atoms with Crippen molar-refractivity contribution in [2.75, 3.05) is 5.32 Å². The molecule has 3 aromatic carbocycles. The zero-order valence-electron chi connectivity index (χ0n) is 16.7. The second-order valence-electron chi connectivity index (χ2n) is 8.60. The maximum Gasteiger partial charge on any atom is 0.244 e. The van der Waals surface area contributed by atoms with Gasteiger partial charge in [-0.05, 0) is 41.7 Å². The Morgan fingerprint density at radius 2 is 1.64 bits per heavy atom. The van der Waals surface area contributed by atoms with Crippen LogP contribution in [0.1, 0.15) is 48.6 Å². The number of benzene rings is 3. The predicted molar refractivity (Wildman–Crippen MR) is 113 cm³/mol. The Hall–Kier alpha value is -3.07. The van der Waals surface area contributed by atoms with Crippen molar-refractivity contribution in [2.45, 2.75) is 38.5 Å². The standard InChI is InChI=1S/C25H25NO2/c1-16-8-7-9-18(14-16)25(19-10-5-6-11-21(19)26-23(25)28)20-15-17(24(2,3)4)12-13-22(20)27/h5-15,27H,1-4H3,(H,26,28). The lowest BCUT2D eigenvalue weighted by Crippen LogP contribution is -2.37. The minimum atomic E-state index is -1.09. The van der Waals surface area contributed by atoms with Gasteiger partial charge in [-0.15, -0.1) is 0 Å². The van der Waals surface area contributed by atoms with Crippen molar-refractivity contribution in [1.29, 1.82) is 0 Å². The number of phenols is 1. The minimum Gasteiger partial charge on any atom is -0.508 e. The number of aromatic hydroxyl groups is 1. The molecule has 3 heteroatoms. The van der Waals surface area contributed by atoms with Crippen LogP contribution in [0.4, 0.5) is 5.69 Å². The van der Waals surface area contributed by atoms with E-state index >= 15 is 0 Å². The van der Waals surface area contributed by atoms with Crippen LogP contribution in [0, 0.1) is 6.92 Å². The molecular weight excluding hydrogens is 346 g/mol. The quantitative estimate of drug-likeness (QED) is 0.643. The average molecular weight is 371 g/mol. The van der Waals surface area contributed by atoms with Gasteiger partial charge in [-0.1, -0.05) is 74.9 Å². The molecule has 1 unspecified atom stereocenters. The van der Waals surface area contributed by atoms with Gasteiger partial charge in [-0.2, -0.15) is 0 Å². The number of phenolic OH excluding ortho intramolecular Hbond substituents is 1. The van der Waals surface area contributed by atoms with E-state index in [0.717, 1.165) is 27.9 Å². The molecule has 3 nitrogen and oxygen atoms in total. The number of hydrogen-bond donors (Lipinski definition) is 2. The molecule has 28 heavy (non-hydrogen) atoms. The molecule has 2 N–H and O–H groups in total. The van der Waals surface area contributed by atoms with Crippen LogP contribution < -0.4 is 5.32 Å². The number of aryl methyl sites for hydroxylation is 1. The zero-order chi connectivity index (χ0) is 20.1. The van der Waals surface area contributed by atoms with Crippen molar-refractivity contribution >= 4 is 11.6 Å². The number of carbonyl (C=O) groups is 1. The summed E-state index contributed by atoms with van der Waals surface area (Å²) in [6, 6.07) is 21.3. The number of para-hydroxylation sites is 1. The van der Waals surface area contributed by atoms with Crippen LogP contribution >= 0.6 is 0 Å². The Morgan fingerprint density at radius 3 is 2.36 bits per heavy atom. The zero-order valence-corrected chi connectivity index (χ0v) is 16.7. The van der Waals surface area contributed by atoms with Gasteiger partial charge in [0.05, 0.1) is 0 Å². The predicted octanol–water partition coefficient (Wildman–Crippen LogP) is 5.28. The Kier molecular flexibility index (Phi) is 4.07. The van der Waals surface area contributed by atoms with Gasteiger partial charge in [0.15, 0.2) is 0 Å². The van der Waals surface area contributed by atoms with E-state index in [2.05, 4.69) is 26.1 Å². The van der Waals surface area contributed by atoms with E-state index in [1.165, 1.54) is 0 Å². The number of carbonyl (C=O) groups excluding carboxylic acids is 1. The van der Waals surface area contributed by atoms with Gasteiger partial charge in [0.25, 0.3) is 0 Å². The van der Waals surface area contributed by atoms with Crippen molar-refractivity contribution < 1.29 is 9.90 Å². The normalized spacial score (nSPS) is 18.6. The Balaban J connectivity index is 2.12. The SMILES string of the molecule is Cc1cccc(C2(c3cc(C(C)(C)C)ccc3O)C(=O)Nc3ccccc32)c1. The minimum absolute atomic E-state index is 0.106. The van der Waals surface area contributed by atoms with Crippen molar-refractivity contribution in [2.24, 2.45) is 0 Å². The first kappa shape index (κ1) is 18.3. The molecule has 1 aliphatic heterocycles. The largest absolute Gasteiger partial charge is 0.508 e. The molecule has 1 heterocycles. The third-order valence-electron chi connectivity index (χ3n) is 5.64. The number of anilines is 1. The summed E-state index contributed by atoms with van der Waals surface area (Å²) in [5.41, 5.74) is 4.08. The summed E-state index contributed by atoms with van der Waals surface area (Å²) in [5.74, 6) is -0.0120. The lowest BCUT2D eigenvalue weighted by molar-refractivity contribution is -0.118. The first-order chi connectivity index (χ1) is 13.2. The molecule has 1 amide bonds. The number of hydrogen-bond acceptors (Lipinski definition) is 2. The fraction of sp³-hybridized carbons (Fsp3) is 0.240. The Labute approximate surface area is 166 Å². The van der Waals surface area contributed by atoms with Crippen LogP contribution in [-0.2, 0) is 15.6 Å². The van der Waals surface area contributed by atoms with Gasteiger partial charge < -0.3 is 10.4 Å². The smallest absolute Gasteiger partial charge is 0.244 e. The molecule has 142 valence electrons. The van der Waals surface area contributed by atoms with Crippen LogP contribution in [0.5, 0.6) is 5.75 Å². The Morgan fingerprint density at radius 1 is 0.893 bits per heavy atom. The van der Waals surface area contributed by atoms with E-state index in [4.69, 9.17) is 0 Å². The molecule has 3 aromatic rings. The van der Waals surface area contributed by atoms with E-state index in [0.29, 0.717) is 5.56 Å². The van der Waals surface area contributed by atoms with Crippen LogP contribution in [0.15, 0.2) is 66.7 Å². The molecule has 0 spiro atoms. The number of nitrogens with one attached hydrogen (secondary N) is 1. The molecule has 4 rings (SSSR count). The molecule has 0 bridgehead atoms. The first-order valence-corrected chi connectivity index (χ1v) is 9.56. The van der Waals surface area contributed by atoms with Gasteiger partial charge in [0.2, 0.25) is 5.91 Å². The third-order valence-corrected chi connectivity index (χ3v) is 5.64. The van der Waals surface area contributed by atoms with E-state index in [1.54, 1.807) is 6.07 Å². The van der Waals surface area contributed by atoms with Crippen molar-refractivity contribution in [3.63, 3.8) is 0 Å². The molecular formula is C25H25NO2. The summed E-state index contributed by atoms with van der Waals surface area (Å²) in [6.07, 6.45) is 0. The van der Waals surface area contributed by atoms with Crippen LogP contribution in [0.3, 0.4) is 0 Å². The summed E-state index contributed by atoms with van der Waals surface area (Å²) in [6.45, 7) is 8.41. The number of amides is 1. The molecule has 0 saturated carbocycles. The highest BCUT2D eigenvalue weighted by Crippen LogP contribution is 2.50. The number of rotatable bonds is 2. The van der Waals surface area contributed by atoms with Gasteiger partial charge in [0.1, 0.15) is 11.2 Å². The number of fused-ring (bicyclic) bond motifs is 1. The summed E-state index contributed by atoms with van der Waals surface area (Å²) in [4.78, 5) is 13.6. The molecule has 0 saturated heterocycles. The van der Waals surface area contributed by atoms with E-state index in [9.17, 15) is 9.90 Å². The topological polar surface area (TPSA) is 49.3 Å². The van der Waals surface area contributed by atoms with E-state index in [-0.39, 0.29) is 17.1 Å². The first-order valence-electron chi connectivity index (χ1n) is 9.56. The maximum atomic E-state index is 13.6. The van der Waals surface area contributed by atoms with Crippen molar-refractivity contribution in [1.82, 2.24) is 0 Å². The van der Waals surface area contributed by atoms with Gasteiger partial charge >= 0.3 is 0 Å². The molecule has 1 aliphatic rings. The second-order valence-corrected chi connectivity index (χ2v) is 8.60. The maximum absolute atomic E-state index is 13.6.